The number of aromatic nitrogens is 3. The first-order valence-corrected chi connectivity index (χ1v) is 10.6. The van der Waals surface area contributed by atoms with Gasteiger partial charge in [-0.1, -0.05) is 36.4 Å². The van der Waals surface area contributed by atoms with E-state index in [0.29, 0.717) is 26.2 Å². The molecule has 7 heteroatoms. The fraction of sp³-hybridized carbons (Fsp3) is 0.381. The number of carbonyl (C=O) groups is 1. The molecule has 1 aromatic carbocycles. The van der Waals surface area contributed by atoms with Crippen molar-refractivity contribution in [2.45, 2.75) is 38.8 Å². The summed E-state index contributed by atoms with van der Waals surface area (Å²) < 4.78 is 3.35. The summed E-state index contributed by atoms with van der Waals surface area (Å²) in [5, 5.41) is 6.61. The van der Waals surface area contributed by atoms with E-state index in [1.165, 1.54) is 11.3 Å². The Balaban J connectivity index is 1.49. The Morgan fingerprint density at radius 1 is 1.14 bits per heavy atom. The van der Waals surface area contributed by atoms with Gasteiger partial charge in [0.05, 0.1) is 11.4 Å². The SMILES string of the molecule is CCn1c(C2CCN(C(=O)c3cccs3)CC2)nn(Cc2ccccc2)c1=O. The Hall–Kier alpha value is -2.67. The van der Waals surface area contributed by atoms with Crippen molar-refractivity contribution in [3.63, 3.8) is 0 Å². The van der Waals surface area contributed by atoms with E-state index in [0.717, 1.165) is 29.1 Å². The van der Waals surface area contributed by atoms with Crippen LogP contribution in [-0.4, -0.2) is 38.2 Å². The lowest BCUT2D eigenvalue weighted by atomic mass is 9.95. The highest BCUT2D eigenvalue weighted by Gasteiger charge is 2.29. The number of rotatable bonds is 5. The van der Waals surface area contributed by atoms with E-state index in [9.17, 15) is 9.59 Å². The van der Waals surface area contributed by atoms with Gasteiger partial charge in [0.2, 0.25) is 0 Å². The van der Waals surface area contributed by atoms with E-state index in [-0.39, 0.29) is 17.5 Å². The minimum Gasteiger partial charge on any atom is -0.338 e. The second-order valence-corrected chi connectivity index (χ2v) is 8.02. The summed E-state index contributed by atoms with van der Waals surface area (Å²) in [4.78, 5) is 28.0. The predicted molar refractivity (Wildman–Crippen MR) is 110 cm³/mol. The molecule has 0 atom stereocenters. The molecule has 1 aliphatic heterocycles. The van der Waals surface area contributed by atoms with Crippen molar-refractivity contribution in [1.82, 2.24) is 19.2 Å². The molecule has 146 valence electrons. The Bertz CT molecular complexity index is 983. The average molecular weight is 397 g/mol. The van der Waals surface area contributed by atoms with Gasteiger partial charge in [0.1, 0.15) is 5.82 Å². The number of amides is 1. The van der Waals surface area contributed by atoms with E-state index in [4.69, 9.17) is 0 Å². The van der Waals surface area contributed by atoms with Gasteiger partial charge in [0, 0.05) is 25.6 Å². The van der Waals surface area contributed by atoms with Crippen LogP contribution >= 0.6 is 11.3 Å². The second kappa shape index (κ2) is 8.14. The standard InChI is InChI=1S/C21H24N4O2S/c1-2-24-19(22-25(21(24)27)15-16-7-4-3-5-8-16)17-10-12-23(13-11-17)20(26)18-9-6-14-28-18/h3-9,14,17H,2,10-13,15H2,1H3. The molecule has 1 amide bonds. The van der Waals surface area contributed by atoms with Crippen LogP contribution in [0.1, 0.15) is 46.7 Å². The third kappa shape index (κ3) is 3.67. The third-order valence-corrected chi connectivity index (χ3v) is 6.18. The smallest absolute Gasteiger partial charge is 0.338 e. The van der Waals surface area contributed by atoms with Crippen LogP contribution in [0.15, 0.2) is 52.6 Å². The number of hydrogen-bond acceptors (Lipinski definition) is 4. The van der Waals surface area contributed by atoms with Crippen molar-refractivity contribution in [3.8, 4) is 0 Å². The van der Waals surface area contributed by atoms with Crippen LogP contribution in [0.25, 0.3) is 0 Å². The van der Waals surface area contributed by atoms with Crippen molar-refractivity contribution >= 4 is 17.2 Å². The fourth-order valence-electron chi connectivity index (χ4n) is 3.81. The van der Waals surface area contributed by atoms with Crippen molar-refractivity contribution in [2.75, 3.05) is 13.1 Å². The maximum atomic E-state index is 12.8. The number of piperidine rings is 1. The van der Waals surface area contributed by atoms with Crippen molar-refractivity contribution in [3.05, 3.63) is 74.6 Å². The maximum absolute atomic E-state index is 12.8. The molecule has 0 bridgehead atoms. The molecular formula is C21H24N4O2S. The molecule has 0 radical (unpaired) electrons. The number of thiophene rings is 1. The van der Waals surface area contributed by atoms with Crippen LogP contribution in [0.3, 0.4) is 0 Å². The zero-order valence-corrected chi connectivity index (χ0v) is 16.8. The van der Waals surface area contributed by atoms with Gasteiger partial charge in [-0.2, -0.15) is 5.10 Å². The maximum Gasteiger partial charge on any atom is 0.346 e. The Kier molecular flexibility index (Phi) is 5.43. The molecule has 0 unspecified atom stereocenters. The fourth-order valence-corrected chi connectivity index (χ4v) is 4.50. The number of likely N-dealkylation sites (tertiary alicyclic amines) is 1. The molecule has 1 saturated heterocycles. The Morgan fingerprint density at radius 2 is 1.89 bits per heavy atom. The zero-order valence-electron chi connectivity index (χ0n) is 16.0. The molecule has 0 saturated carbocycles. The summed E-state index contributed by atoms with van der Waals surface area (Å²) in [6.45, 7) is 4.47. The quantitative estimate of drug-likeness (QED) is 0.665. The first-order chi connectivity index (χ1) is 13.7. The van der Waals surface area contributed by atoms with Crippen LogP contribution in [0.2, 0.25) is 0 Å². The summed E-state index contributed by atoms with van der Waals surface area (Å²) in [6.07, 6.45) is 1.66. The molecular weight excluding hydrogens is 372 g/mol. The summed E-state index contributed by atoms with van der Waals surface area (Å²) in [5.41, 5.74) is 1.01. The summed E-state index contributed by atoms with van der Waals surface area (Å²) in [6, 6.07) is 13.7. The highest BCUT2D eigenvalue weighted by atomic mass is 32.1. The molecule has 2 aromatic heterocycles. The minimum absolute atomic E-state index is 0.0570. The summed E-state index contributed by atoms with van der Waals surface area (Å²) >= 11 is 1.48. The lowest BCUT2D eigenvalue weighted by Crippen LogP contribution is -2.38. The largest absolute Gasteiger partial charge is 0.346 e. The molecule has 1 aliphatic rings. The van der Waals surface area contributed by atoms with Crippen LogP contribution in [0.5, 0.6) is 0 Å². The zero-order chi connectivity index (χ0) is 19.5. The van der Waals surface area contributed by atoms with E-state index < -0.39 is 0 Å². The monoisotopic (exact) mass is 396 g/mol. The van der Waals surface area contributed by atoms with E-state index in [1.807, 2.05) is 59.7 Å². The molecule has 1 fully saturated rings. The molecule has 4 rings (SSSR count). The highest BCUT2D eigenvalue weighted by molar-refractivity contribution is 7.12. The number of nitrogens with zero attached hydrogens (tertiary/aromatic N) is 4. The number of hydrogen-bond donors (Lipinski definition) is 0. The molecule has 6 nitrogen and oxygen atoms in total. The molecule has 3 aromatic rings. The van der Waals surface area contributed by atoms with Gasteiger partial charge in [-0.15, -0.1) is 11.3 Å². The summed E-state index contributed by atoms with van der Waals surface area (Å²) in [5.74, 6) is 1.17. The van der Waals surface area contributed by atoms with Gasteiger partial charge in [-0.3, -0.25) is 9.36 Å². The Morgan fingerprint density at radius 3 is 2.54 bits per heavy atom. The van der Waals surface area contributed by atoms with Gasteiger partial charge in [-0.25, -0.2) is 9.48 Å². The van der Waals surface area contributed by atoms with E-state index in [1.54, 1.807) is 9.25 Å². The average Bonchev–Trinajstić information content (AvgIpc) is 3.37. The molecule has 3 heterocycles. The Labute approximate surface area is 168 Å². The molecule has 0 N–H and O–H groups in total. The van der Waals surface area contributed by atoms with Crippen molar-refractivity contribution in [2.24, 2.45) is 0 Å². The van der Waals surface area contributed by atoms with Crippen LogP contribution in [0.4, 0.5) is 0 Å². The number of carbonyl (C=O) groups excluding carboxylic acids is 1. The topological polar surface area (TPSA) is 60.1 Å². The lowest BCUT2D eigenvalue weighted by Gasteiger charge is -2.31. The minimum atomic E-state index is -0.0570. The second-order valence-electron chi connectivity index (χ2n) is 7.07. The van der Waals surface area contributed by atoms with E-state index in [2.05, 4.69) is 5.10 Å². The van der Waals surface area contributed by atoms with Gasteiger partial charge in [0.15, 0.2) is 0 Å². The van der Waals surface area contributed by atoms with Gasteiger partial charge < -0.3 is 4.90 Å². The van der Waals surface area contributed by atoms with Crippen molar-refractivity contribution in [1.29, 1.82) is 0 Å². The number of benzene rings is 1. The predicted octanol–water partition coefficient (Wildman–Crippen LogP) is 3.19. The van der Waals surface area contributed by atoms with Gasteiger partial charge >= 0.3 is 5.69 Å². The normalized spacial score (nSPS) is 15.1. The third-order valence-electron chi connectivity index (χ3n) is 5.32. The first-order valence-electron chi connectivity index (χ1n) is 9.71. The van der Waals surface area contributed by atoms with Crippen LogP contribution in [0, 0.1) is 0 Å². The molecule has 28 heavy (non-hydrogen) atoms. The lowest BCUT2D eigenvalue weighted by molar-refractivity contribution is 0.0715. The highest BCUT2D eigenvalue weighted by Crippen LogP contribution is 2.27. The molecule has 0 aliphatic carbocycles. The van der Waals surface area contributed by atoms with Crippen molar-refractivity contribution < 1.29 is 4.79 Å². The van der Waals surface area contributed by atoms with Gasteiger partial charge in [-0.05, 0) is 36.8 Å². The van der Waals surface area contributed by atoms with Crippen LogP contribution < -0.4 is 5.69 Å². The first kappa shape index (κ1) is 18.7. The molecule has 0 spiro atoms. The summed E-state index contributed by atoms with van der Waals surface area (Å²) in [7, 11) is 0. The van der Waals surface area contributed by atoms with E-state index >= 15 is 0 Å². The van der Waals surface area contributed by atoms with Gasteiger partial charge in [0.25, 0.3) is 5.91 Å². The van der Waals surface area contributed by atoms with Crippen LogP contribution in [-0.2, 0) is 13.1 Å².